The van der Waals surface area contributed by atoms with Crippen LogP contribution in [0.3, 0.4) is 0 Å². The Hall–Kier alpha value is -8.46. The van der Waals surface area contributed by atoms with Crippen molar-refractivity contribution in [3.8, 4) is 50.2 Å². The number of hydrogen-bond acceptors (Lipinski definition) is 1. The Balaban J connectivity index is 1.04. The summed E-state index contributed by atoms with van der Waals surface area (Å²) < 4.78 is 2.42. The zero-order valence-corrected chi connectivity index (χ0v) is 35.1. The lowest BCUT2D eigenvalue weighted by atomic mass is 9.94. The van der Waals surface area contributed by atoms with Crippen LogP contribution in [0.15, 0.2) is 255 Å². The third-order valence-corrected chi connectivity index (χ3v) is 12.8. The first-order chi connectivity index (χ1) is 31.7. The van der Waals surface area contributed by atoms with Gasteiger partial charge in [-0.25, -0.2) is 0 Å². The Morgan fingerprint density at radius 2 is 0.797 bits per heavy atom. The van der Waals surface area contributed by atoms with E-state index in [1.54, 1.807) is 0 Å². The van der Waals surface area contributed by atoms with Crippen LogP contribution >= 0.6 is 0 Å². The second kappa shape index (κ2) is 15.8. The van der Waals surface area contributed by atoms with Crippen LogP contribution in [0.1, 0.15) is 0 Å². The molecule has 12 aromatic rings. The van der Waals surface area contributed by atoms with Crippen molar-refractivity contribution in [3.05, 3.63) is 255 Å². The van der Waals surface area contributed by atoms with Crippen LogP contribution in [0.2, 0.25) is 0 Å². The molecular formula is C62H42N2. The van der Waals surface area contributed by atoms with Gasteiger partial charge in [0.05, 0.1) is 22.4 Å². The molecule has 0 aliphatic carbocycles. The van der Waals surface area contributed by atoms with Crippen LogP contribution < -0.4 is 4.90 Å². The summed E-state index contributed by atoms with van der Waals surface area (Å²) in [7, 11) is 0. The summed E-state index contributed by atoms with van der Waals surface area (Å²) in [5.74, 6) is 0. The van der Waals surface area contributed by atoms with Crippen molar-refractivity contribution < 1.29 is 0 Å². The highest BCUT2D eigenvalue weighted by atomic mass is 15.1. The van der Waals surface area contributed by atoms with E-state index < -0.39 is 0 Å². The van der Waals surface area contributed by atoms with Gasteiger partial charge in [-0.2, -0.15) is 0 Å². The second-order valence-electron chi connectivity index (χ2n) is 16.5. The SMILES string of the molecule is c1ccc(-c2cc(-c3ccc(N(c4ccccc4-c4ccccc4)c4ccc(-c5ccc6ccccc6c5)c5ccccc45)cc3)cc(-n3c4ccccc4c4ccccc43)c2)cc1. The standard InChI is InChI=1S/C62H42N2/c1-3-17-43(18-4-1)49-40-50(42-52(41-49)64-60-29-15-12-26-57(60)58-27-13-16-30-61(58)64)45-33-35-51(36-34-45)63(59-28-14-11-23-54(59)46-20-5-2-6-21-46)62-38-37-53(55-24-9-10-25-56(55)62)48-32-31-44-19-7-8-22-47(44)39-48/h1-42H. The molecule has 0 aliphatic heterocycles. The Kier molecular flexibility index (Phi) is 9.20. The minimum absolute atomic E-state index is 1.08. The molecular weight excluding hydrogens is 773 g/mol. The molecule has 0 radical (unpaired) electrons. The summed E-state index contributed by atoms with van der Waals surface area (Å²) >= 11 is 0. The molecule has 2 heteroatoms. The number of para-hydroxylation sites is 3. The summed E-state index contributed by atoms with van der Waals surface area (Å²) in [6.45, 7) is 0. The molecule has 2 nitrogen and oxygen atoms in total. The molecule has 0 spiro atoms. The van der Waals surface area contributed by atoms with E-state index in [0.29, 0.717) is 0 Å². The van der Waals surface area contributed by atoms with Gasteiger partial charge in [0.1, 0.15) is 0 Å². The van der Waals surface area contributed by atoms with Crippen molar-refractivity contribution in [2.24, 2.45) is 0 Å². The van der Waals surface area contributed by atoms with Crippen LogP contribution in [0.5, 0.6) is 0 Å². The number of nitrogens with zero attached hydrogens (tertiary/aromatic N) is 2. The fraction of sp³-hybridized carbons (Fsp3) is 0. The minimum Gasteiger partial charge on any atom is -0.309 e. The molecule has 0 N–H and O–H groups in total. The molecule has 1 heterocycles. The Morgan fingerprint density at radius 3 is 1.50 bits per heavy atom. The highest BCUT2D eigenvalue weighted by Gasteiger charge is 2.21. The van der Waals surface area contributed by atoms with Crippen molar-refractivity contribution in [1.82, 2.24) is 4.57 Å². The van der Waals surface area contributed by atoms with Gasteiger partial charge in [-0.1, -0.05) is 194 Å². The third kappa shape index (κ3) is 6.52. The summed E-state index contributed by atoms with van der Waals surface area (Å²) in [6.07, 6.45) is 0. The number of fused-ring (bicyclic) bond motifs is 5. The van der Waals surface area contributed by atoms with Crippen molar-refractivity contribution >= 4 is 60.4 Å². The quantitative estimate of drug-likeness (QED) is 0.148. The van der Waals surface area contributed by atoms with E-state index in [2.05, 4.69) is 264 Å². The molecule has 1 aromatic heterocycles. The van der Waals surface area contributed by atoms with E-state index >= 15 is 0 Å². The normalized spacial score (nSPS) is 11.4. The maximum absolute atomic E-state index is 2.45. The molecule has 0 saturated carbocycles. The van der Waals surface area contributed by atoms with Crippen LogP contribution in [0, 0.1) is 0 Å². The first-order valence-corrected chi connectivity index (χ1v) is 22.0. The lowest BCUT2D eigenvalue weighted by molar-refractivity contribution is 1.18. The summed E-state index contributed by atoms with van der Waals surface area (Å²) in [5, 5.41) is 7.39. The zero-order valence-electron chi connectivity index (χ0n) is 35.1. The van der Waals surface area contributed by atoms with Crippen LogP contribution in [0.4, 0.5) is 17.1 Å². The van der Waals surface area contributed by atoms with Gasteiger partial charge in [-0.15, -0.1) is 0 Å². The molecule has 11 aromatic carbocycles. The number of hydrogen-bond donors (Lipinski definition) is 0. The van der Waals surface area contributed by atoms with Crippen molar-refractivity contribution in [2.45, 2.75) is 0 Å². The van der Waals surface area contributed by atoms with Crippen molar-refractivity contribution in [2.75, 3.05) is 4.90 Å². The van der Waals surface area contributed by atoms with E-state index in [0.717, 1.165) is 33.9 Å². The molecule has 0 bridgehead atoms. The zero-order chi connectivity index (χ0) is 42.4. The first-order valence-electron chi connectivity index (χ1n) is 22.0. The molecule has 64 heavy (non-hydrogen) atoms. The predicted octanol–water partition coefficient (Wildman–Crippen LogP) is 17.2. The van der Waals surface area contributed by atoms with Crippen LogP contribution in [-0.4, -0.2) is 4.57 Å². The maximum Gasteiger partial charge on any atom is 0.0541 e. The van der Waals surface area contributed by atoms with Gasteiger partial charge in [-0.3, -0.25) is 0 Å². The van der Waals surface area contributed by atoms with Crippen molar-refractivity contribution in [1.29, 1.82) is 0 Å². The van der Waals surface area contributed by atoms with Gasteiger partial charge in [0, 0.05) is 33.1 Å². The number of benzene rings is 11. The van der Waals surface area contributed by atoms with E-state index in [1.165, 1.54) is 76.7 Å². The monoisotopic (exact) mass is 814 g/mol. The fourth-order valence-corrected chi connectivity index (χ4v) is 9.73. The Bertz CT molecular complexity index is 3610. The van der Waals surface area contributed by atoms with E-state index in [1.807, 2.05) is 0 Å². The molecule has 0 unspecified atom stereocenters. The van der Waals surface area contributed by atoms with Gasteiger partial charge >= 0.3 is 0 Å². The van der Waals surface area contributed by atoms with E-state index in [4.69, 9.17) is 0 Å². The first kappa shape index (κ1) is 37.3. The lowest BCUT2D eigenvalue weighted by Crippen LogP contribution is -2.12. The average molecular weight is 815 g/mol. The number of rotatable bonds is 8. The minimum atomic E-state index is 1.08. The highest BCUT2D eigenvalue weighted by molar-refractivity contribution is 6.10. The summed E-state index contributed by atoms with van der Waals surface area (Å²) in [6, 6.07) is 92.8. The second-order valence-corrected chi connectivity index (χ2v) is 16.5. The van der Waals surface area contributed by atoms with Crippen molar-refractivity contribution in [3.63, 3.8) is 0 Å². The van der Waals surface area contributed by atoms with Gasteiger partial charge in [0.25, 0.3) is 0 Å². The fourth-order valence-electron chi connectivity index (χ4n) is 9.73. The Morgan fingerprint density at radius 1 is 0.266 bits per heavy atom. The summed E-state index contributed by atoms with van der Waals surface area (Å²) in [5.41, 5.74) is 16.3. The van der Waals surface area contributed by atoms with Gasteiger partial charge < -0.3 is 9.47 Å². The number of aromatic nitrogens is 1. The van der Waals surface area contributed by atoms with Crippen LogP contribution in [-0.2, 0) is 0 Å². The smallest absolute Gasteiger partial charge is 0.0541 e. The molecule has 300 valence electrons. The molecule has 0 atom stereocenters. The molecule has 0 aliphatic rings. The average Bonchev–Trinajstić information content (AvgIpc) is 3.71. The topological polar surface area (TPSA) is 8.17 Å². The molecule has 0 saturated heterocycles. The third-order valence-electron chi connectivity index (χ3n) is 12.8. The largest absolute Gasteiger partial charge is 0.309 e. The molecule has 12 rings (SSSR count). The molecule has 0 amide bonds. The lowest BCUT2D eigenvalue weighted by Gasteiger charge is -2.29. The Labute approximate surface area is 373 Å². The molecule has 0 fully saturated rings. The van der Waals surface area contributed by atoms with Gasteiger partial charge in [0.2, 0.25) is 0 Å². The van der Waals surface area contributed by atoms with E-state index in [-0.39, 0.29) is 0 Å². The highest BCUT2D eigenvalue weighted by Crippen LogP contribution is 2.46. The van der Waals surface area contributed by atoms with Crippen LogP contribution in [0.25, 0.3) is 93.5 Å². The van der Waals surface area contributed by atoms with E-state index in [9.17, 15) is 0 Å². The van der Waals surface area contributed by atoms with Gasteiger partial charge in [-0.05, 0) is 116 Å². The number of anilines is 3. The van der Waals surface area contributed by atoms with Gasteiger partial charge in [0.15, 0.2) is 0 Å². The summed E-state index contributed by atoms with van der Waals surface area (Å²) in [4.78, 5) is 2.45. The predicted molar refractivity (Wildman–Crippen MR) is 272 cm³/mol. The maximum atomic E-state index is 2.45.